The minimum atomic E-state index is -0.269. The van der Waals surface area contributed by atoms with Gasteiger partial charge < -0.3 is 9.47 Å². The lowest BCUT2D eigenvalue weighted by atomic mass is 10.2. The molecule has 0 aliphatic rings. The highest BCUT2D eigenvalue weighted by Gasteiger charge is 2.04. The highest BCUT2D eigenvalue weighted by molar-refractivity contribution is 5.95. The quantitative estimate of drug-likeness (QED) is 0.624. The molecule has 0 bridgehead atoms. The van der Waals surface area contributed by atoms with Crippen molar-refractivity contribution in [2.24, 2.45) is 5.10 Å². The van der Waals surface area contributed by atoms with E-state index in [-0.39, 0.29) is 12.0 Å². The van der Waals surface area contributed by atoms with Crippen LogP contribution in [0.15, 0.2) is 53.6 Å². The predicted molar refractivity (Wildman–Crippen MR) is 94.9 cm³/mol. The maximum absolute atomic E-state index is 12.0. The molecule has 0 saturated heterocycles. The molecule has 24 heavy (non-hydrogen) atoms. The van der Waals surface area contributed by atoms with Crippen LogP contribution in [0.3, 0.4) is 0 Å². The van der Waals surface area contributed by atoms with Crippen molar-refractivity contribution in [2.45, 2.75) is 26.9 Å². The van der Waals surface area contributed by atoms with Crippen LogP contribution in [0.25, 0.3) is 0 Å². The third-order valence-corrected chi connectivity index (χ3v) is 3.06. The number of carbonyl (C=O) groups excluding carboxylic acids is 1. The molecule has 1 N–H and O–H groups in total. The lowest BCUT2D eigenvalue weighted by Crippen LogP contribution is -2.17. The third-order valence-electron chi connectivity index (χ3n) is 3.06. The van der Waals surface area contributed by atoms with Crippen LogP contribution < -0.4 is 14.9 Å². The van der Waals surface area contributed by atoms with E-state index in [1.165, 1.54) is 0 Å². The molecule has 2 rings (SSSR count). The number of rotatable bonds is 7. The number of carbonyl (C=O) groups is 1. The number of nitrogens with one attached hydrogen (secondary N) is 1. The van der Waals surface area contributed by atoms with E-state index in [9.17, 15) is 4.79 Å². The molecular weight excluding hydrogens is 304 g/mol. The SMILES string of the molecule is CCOc1ccc(C(=O)N/N=C\c2ccc(OC(C)C)cc2)cc1. The van der Waals surface area contributed by atoms with E-state index in [0.29, 0.717) is 12.2 Å². The maximum Gasteiger partial charge on any atom is 0.271 e. The largest absolute Gasteiger partial charge is 0.494 e. The Morgan fingerprint density at radius 1 is 1.08 bits per heavy atom. The molecule has 5 nitrogen and oxygen atoms in total. The number of hydrazone groups is 1. The summed E-state index contributed by atoms with van der Waals surface area (Å²) in [7, 11) is 0. The van der Waals surface area contributed by atoms with Gasteiger partial charge in [0.25, 0.3) is 5.91 Å². The van der Waals surface area contributed by atoms with Gasteiger partial charge in [0.2, 0.25) is 0 Å². The van der Waals surface area contributed by atoms with Crippen molar-refractivity contribution in [2.75, 3.05) is 6.61 Å². The number of hydrogen-bond donors (Lipinski definition) is 1. The topological polar surface area (TPSA) is 59.9 Å². The van der Waals surface area contributed by atoms with Crippen molar-refractivity contribution in [3.63, 3.8) is 0 Å². The molecule has 1 amide bonds. The molecule has 2 aromatic rings. The van der Waals surface area contributed by atoms with Gasteiger partial charge >= 0.3 is 0 Å². The van der Waals surface area contributed by atoms with Crippen molar-refractivity contribution in [3.8, 4) is 11.5 Å². The molecule has 0 radical (unpaired) electrons. The summed E-state index contributed by atoms with van der Waals surface area (Å²) >= 11 is 0. The fraction of sp³-hybridized carbons (Fsp3) is 0.263. The average molecular weight is 326 g/mol. The molecule has 0 unspecified atom stereocenters. The Morgan fingerprint density at radius 3 is 2.29 bits per heavy atom. The zero-order chi connectivity index (χ0) is 17.4. The molecule has 126 valence electrons. The summed E-state index contributed by atoms with van der Waals surface area (Å²) in [6, 6.07) is 14.4. The minimum absolute atomic E-state index is 0.137. The van der Waals surface area contributed by atoms with Crippen molar-refractivity contribution in [1.29, 1.82) is 0 Å². The summed E-state index contributed by atoms with van der Waals surface area (Å²) in [6.45, 7) is 6.46. The molecule has 0 aliphatic heterocycles. The summed E-state index contributed by atoms with van der Waals surface area (Å²) in [5.41, 5.74) is 3.90. The number of nitrogens with zero attached hydrogens (tertiary/aromatic N) is 1. The Balaban J connectivity index is 1.89. The second kappa shape index (κ2) is 8.72. The second-order valence-electron chi connectivity index (χ2n) is 5.39. The molecular formula is C19H22N2O3. The van der Waals surface area contributed by atoms with Gasteiger partial charge in [-0.3, -0.25) is 4.79 Å². The van der Waals surface area contributed by atoms with E-state index in [1.807, 2.05) is 45.0 Å². The Morgan fingerprint density at radius 2 is 1.71 bits per heavy atom. The summed E-state index contributed by atoms with van der Waals surface area (Å²) in [5.74, 6) is 1.27. The van der Waals surface area contributed by atoms with E-state index in [4.69, 9.17) is 9.47 Å². The van der Waals surface area contributed by atoms with Gasteiger partial charge in [-0.05, 0) is 74.9 Å². The first kappa shape index (κ1) is 17.5. The summed E-state index contributed by atoms with van der Waals surface area (Å²) in [6.07, 6.45) is 1.73. The predicted octanol–water partition coefficient (Wildman–Crippen LogP) is 3.64. The summed E-state index contributed by atoms with van der Waals surface area (Å²) in [5, 5.41) is 3.97. The summed E-state index contributed by atoms with van der Waals surface area (Å²) in [4.78, 5) is 12.0. The number of benzene rings is 2. The molecule has 5 heteroatoms. The van der Waals surface area contributed by atoms with Crippen molar-refractivity contribution in [1.82, 2.24) is 5.43 Å². The number of amides is 1. The molecule has 0 spiro atoms. The molecule has 0 saturated carbocycles. The van der Waals surface area contributed by atoms with E-state index in [0.717, 1.165) is 17.1 Å². The average Bonchev–Trinajstić information content (AvgIpc) is 2.57. The smallest absolute Gasteiger partial charge is 0.271 e. The first-order chi connectivity index (χ1) is 11.6. The van der Waals surface area contributed by atoms with Gasteiger partial charge in [-0.1, -0.05) is 0 Å². The first-order valence-corrected chi connectivity index (χ1v) is 7.91. The fourth-order valence-corrected chi connectivity index (χ4v) is 2.00. The monoisotopic (exact) mass is 326 g/mol. The van der Waals surface area contributed by atoms with Crippen LogP contribution in [-0.2, 0) is 0 Å². The first-order valence-electron chi connectivity index (χ1n) is 7.91. The molecule has 0 aliphatic carbocycles. The highest BCUT2D eigenvalue weighted by Crippen LogP contribution is 2.13. The lowest BCUT2D eigenvalue weighted by Gasteiger charge is -2.09. The van der Waals surface area contributed by atoms with E-state index < -0.39 is 0 Å². The Kier molecular flexibility index (Phi) is 6.37. The van der Waals surface area contributed by atoms with Crippen LogP contribution >= 0.6 is 0 Å². The summed E-state index contributed by atoms with van der Waals surface area (Å²) < 4.78 is 10.9. The van der Waals surface area contributed by atoms with Crippen molar-refractivity contribution >= 4 is 12.1 Å². The normalized spacial score (nSPS) is 10.8. The number of hydrogen-bond acceptors (Lipinski definition) is 4. The second-order valence-corrected chi connectivity index (χ2v) is 5.39. The molecule has 2 aromatic carbocycles. The van der Waals surface area contributed by atoms with Gasteiger partial charge in [0.15, 0.2) is 0 Å². The Labute approximate surface area is 142 Å². The van der Waals surface area contributed by atoms with Crippen LogP contribution in [0.2, 0.25) is 0 Å². The lowest BCUT2D eigenvalue weighted by molar-refractivity contribution is 0.0955. The van der Waals surface area contributed by atoms with Crippen LogP contribution in [0.1, 0.15) is 36.7 Å². The van der Waals surface area contributed by atoms with Gasteiger partial charge in [0.05, 0.1) is 18.9 Å². The number of ether oxygens (including phenoxy) is 2. The maximum atomic E-state index is 12.0. The van der Waals surface area contributed by atoms with E-state index >= 15 is 0 Å². The van der Waals surface area contributed by atoms with Gasteiger partial charge in [0.1, 0.15) is 11.5 Å². The van der Waals surface area contributed by atoms with E-state index in [1.54, 1.807) is 30.5 Å². The molecule has 0 atom stereocenters. The van der Waals surface area contributed by atoms with Crippen LogP contribution in [-0.4, -0.2) is 24.8 Å². The van der Waals surface area contributed by atoms with Gasteiger partial charge in [0, 0.05) is 5.56 Å². The Bertz CT molecular complexity index is 677. The van der Waals surface area contributed by atoms with Gasteiger partial charge in [-0.15, -0.1) is 0 Å². The van der Waals surface area contributed by atoms with Gasteiger partial charge in [-0.25, -0.2) is 5.43 Å². The van der Waals surface area contributed by atoms with Gasteiger partial charge in [-0.2, -0.15) is 5.10 Å². The third kappa shape index (κ3) is 5.43. The zero-order valence-corrected chi connectivity index (χ0v) is 14.2. The Hall–Kier alpha value is -2.82. The van der Waals surface area contributed by atoms with Crippen molar-refractivity contribution < 1.29 is 14.3 Å². The van der Waals surface area contributed by atoms with Crippen LogP contribution in [0.5, 0.6) is 11.5 Å². The van der Waals surface area contributed by atoms with Crippen LogP contribution in [0, 0.1) is 0 Å². The standard InChI is InChI=1S/C19H22N2O3/c1-4-23-17-11-7-16(8-12-17)19(22)21-20-13-15-5-9-18(10-6-15)24-14(2)3/h5-14H,4H2,1-3H3,(H,21,22)/b20-13-. The zero-order valence-electron chi connectivity index (χ0n) is 14.2. The van der Waals surface area contributed by atoms with E-state index in [2.05, 4.69) is 10.5 Å². The highest BCUT2D eigenvalue weighted by atomic mass is 16.5. The van der Waals surface area contributed by atoms with Crippen LogP contribution in [0.4, 0.5) is 0 Å². The molecule has 0 fully saturated rings. The minimum Gasteiger partial charge on any atom is -0.494 e. The molecule has 0 aromatic heterocycles. The van der Waals surface area contributed by atoms with Crippen molar-refractivity contribution in [3.05, 3.63) is 59.7 Å². The fourth-order valence-electron chi connectivity index (χ4n) is 2.00. The molecule has 0 heterocycles.